The third-order valence-electron chi connectivity index (χ3n) is 3.03. The fourth-order valence-corrected chi connectivity index (χ4v) is 2.51. The topological polar surface area (TPSA) is 17.8 Å². The van der Waals surface area contributed by atoms with Crippen molar-refractivity contribution in [3.8, 4) is 5.69 Å². The molecule has 0 N–H and O–H groups in total. The van der Waals surface area contributed by atoms with Crippen LogP contribution in [0.1, 0.15) is 5.82 Å². The van der Waals surface area contributed by atoms with Crippen LogP contribution in [0.15, 0.2) is 30.3 Å². The van der Waals surface area contributed by atoms with Crippen LogP contribution < -0.4 is 0 Å². The normalized spacial score (nSPS) is 11.3. The van der Waals surface area contributed by atoms with Crippen LogP contribution in [0.3, 0.4) is 0 Å². The number of alkyl halides is 1. The molecule has 1 heterocycles. The van der Waals surface area contributed by atoms with Crippen molar-refractivity contribution < 1.29 is 13.2 Å². The third-order valence-corrected chi connectivity index (χ3v) is 3.56. The highest BCUT2D eigenvalue weighted by molar-refractivity contribution is 6.30. The largest absolute Gasteiger partial charge is 0.295 e. The molecule has 0 saturated carbocycles. The molecule has 7 heteroatoms. The molecule has 2 aromatic carbocycles. The zero-order valence-electron chi connectivity index (χ0n) is 10.4. The molecule has 0 unspecified atom stereocenters. The van der Waals surface area contributed by atoms with E-state index in [1.165, 1.54) is 16.7 Å². The number of aromatic nitrogens is 2. The van der Waals surface area contributed by atoms with Crippen molar-refractivity contribution in [2.45, 2.75) is 5.88 Å². The van der Waals surface area contributed by atoms with Crippen LogP contribution in [0.5, 0.6) is 0 Å². The summed E-state index contributed by atoms with van der Waals surface area (Å²) in [5, 5.41) is -0.105. The van der Waals surface area contributed by atoms with Crippen LogP contribution in [-0.4, -0.2) is 9.55 Å². The average Bonchev–Trinajstić information content (AvgIpc) is 2.80. The van der Waals surface area contributed by atoms with E-state index < -0.39 is 17.5 Å². The van der Waals surface area contributed by atoms with Crippen molar-refractivity contribution >= 4 is 34.2 Å². The summed E-state index contributed by atoms with van der Waals surface area (Å²) < 4.78 is 41.9. The first-order chi connectivity index (χ1) is 10.0. The quantitative estimate of drug-likeness (QED) is 0.615. The molecular weight excluding hydrogens is 324 g/mol. The SMILES string of the molecule is Fc1cc(F)c2nc(CCl)n(-c3ccc(F)c(Cl)c3)c2c1. The van der Waals surface area contributed by atoms with Crippen molar-refractivity contribution in [1.82, 2.24) is 9.55 Å². The van der Waals surface area contributed by atoms with E-state index in [4.69, 9.17) is 23.2 Å². The van der Waals surface area contributed by atoms with Gasteiger partial charge in [0, 0.05) is 17.8 Å². The Kier molecular flexibility index (Phi) is 3.55. The van der Waals surface area contributed by atoms with Crippen LogP contribution in [0.25, 0.3) is 16.7 Å². The summed E-state index contributed by atoms with van der Waals surface area (Å²) in [7, 11) is 0. The van der Waals surface area contributed by atoms with Gasteiger partial charge < -0.3 is 0 Å². The third kappa shape index (κ3) is 2.36. The van der Waals surface area contributed by atoms with Crippen molar-refractivity contribution in [1.29, 1.82) is 0 Å². The number of hydrogen-bond acceptors (Lipinski definition) is 1. The molecule has 21 heavy (non-hydrogen) atoms. The molecule has 0 bridgehead atoms. The second-order valence-electron chi connectivity index (χ2n) is 4.35. The zero-order valence-corrected chi connectivity index (χ0v) is 11.9. The average molecular weight is 331 g/mol. The predicted molar refractivity (Wildman–Crippen MR) is 75.5 cm³/mol. The number of fused-ring (bicyclic) bond motifs is 1. The molecular formula is C14H7Cl2F3N2. The number of rotatable bonds is 2. The minimum atomic E-state index is -0.789. The Bertz CT molecular complexity index is 846. The lowest BCUT2D eigenvalue weighted by Gasteiger charge is -2.08. The van der Waals surface area contributed by atoms with Crippen LogP contribution in [-0.2, 0) is 5.88 Å². The Labute approximate surface area is 127 Å². The highest BCUT2D eigenvalue weighted by atomic mass is 35.5. The first kappa shape index (κ1) is 14.2. The van der Waals surface area contributed by atoms with E-state index >= 15 is 0 Å². The fraction of sp³-hybridized carbons (Fsp3) is 0.0714. The van der Waals surface area contributed by atoms with Gasteiger partial charge in [0.1, 0.15) is 23.0 Å². The lowest BCUT2D eigenvalue weighted by molar-refractivity contribution is 0.590. The summed E-state index contributed by atoms with van der Waals surface area (Å²) in [5.41, 5.74) is 0.614. The first-order valence-electron chi connectivity index (χ1n) is 5.89. The maximum absolute atomic E-state index is 13.8. The highest BCUT2D eigenvalue weighted by Gasteiger charge is 2.17. The molecule has 0 aliphatic rings. The minimum absolute atomic E-state index is 0.00695. The Balaban J connectivity index is 2.36. The van der Waals surface area contributed by atoms with Crippen LogP contribution >= 0.6 is 23.2 Å². The number of benzene rings is 2. The van der Waals surface area contributed by atoms with Gasteiger partial charge in [-0.25, -0.2) is 18.2 Å². The number of hydrogen-bond donors (Lipinski definition) is 0. The number of nitrogens with zero attached hydrogens (tertiary/aromatic N) is 2. The lowest BCUT2D eigenvalue weighted by Crippen LogP contribution is -2.00. The van der Waals surface area contributed by atoms with E-state index in [0.29, 0.717) is 11.5 Å². The molecule has 0 aliphatic heterocycles. The second-order valence-corrected chi connectivity index (χ2v) is 5.03. The Morgan fingerprint density at radius 3 is 2.48 bits per heavy atom. The molecule has 1 aromatic heterocycles. The first-order valence-corrected chi connectivity index (χ1v) is 6.80. The van der Waals surface area contributed by atoms with Gasteiger partial charge in [-0.2, -0.15) is 0 Å². The molecule has 0 saturated heterocycles. The van der Waals surface area contributed by atoms with Gasteiger partial charge in [-0.15, -0.1) is 11.6 Å². The van der Waals surface area contributed by atoms with Crippen molar-refractivity contribution in [3.05, 3.63) is 58.6 Å². The molecule has 3 aromatic rings. The van der Waals surface area contributed by atoms with Gasteiger partial charge in [-0.1, -0.05) is 11.6 Å². The van der Waals surface area contributed by atoms with Crippen molar-refractivity contribution in [3.63, 3.8) is 0 Å². The van der Waals surface area contributed by atoms with E-state index in [1.54, 1.807) is 0 Å². The Morgan fingerprint density at radius 1 is 1.05 bits per heavy atom. The molecule has 0 atom stereocenters. The van der Waals surface area contributed by atoms with E-state index in [0.717, 1.165) is 18.2 Å². The van der Waals surface area contributed by atoms with E-state index in [1.807, 2.05) is 0 Å². The van der Waals surface area contributed by atoms with Gasteiger partial charge in [0.15, 0.2) is 5.82 Å². The molecule has 3 rings (SSSR count). The minimum Gasteiger partial charge on any atom is -0.295 e. The highest BCUT2D eigenvalue weighted by Crippen LogP contribution is 2.27. The van der Waals surface area contributed by atoms with Gasteiger partial charge in [-0.3, -0.25) is 4.57 Å². The van der Waals surface area contributed by atoms with Gasteiger partial charge in [0.05, 0.1) is 16.4 Å². The lowest BCUT2D eigenvalue weighted by atomic mass is 10.2. The predicted octanol–water partition coefficient (Wildman–Crippen LogP) is 4.84. The van der Waals surface area contributed by atoms with Gasteiger partial charge in [0.25, 0.3) is 0 Å². The standard InChI is InChI=1S/C14H7Cl2F3N2/c15-6-13-20-14-11(19)3-7(17)4-12(14)21(13)8-1-2-10(18)9(16)5-8/h1-5H,6H2. The summed E-state index contributed by atoms with van der Waals surface area (Å²) in [6.07, 6.45) is 0. The van der Waals surface area contributed by atoms with Crippen LogP contribution in [0, 0.1) is 17.5 Å². The molecule has 0 amide bonds. The second kappa shape index (κ2) is 5.24. The van der Waals surface area contributed by atoms with Crippen LogP contribution in [0.2, 0.25) is 5.02 Å². The molecule has 108 valence electrons. The zero-order chi connectivity index (χ0) is 15.1. The van der Waals surface area contributed by atoms with E-state index in [-0.39, 0.29) is 21.9 Å². The maximum Gasteiger partial charge on any atom is 0.153 e. The van der Waals surface area contributed by atoms with Crippen LogP contribution in [0.4, 0.5) is 13.2 Å². The van der Waals surface area contributed by atoms with E-state index in [2.05, 4.69) is 4.98 Å². The summed E-state index contributed by atoms with van der Waals surface area (Å²) in [6, 6.07) is 5.82. The maximum atomic E-state index is 13.8. The molecule has 2 nitrogen and oxygen atoms in total. The Morgan fingerprint density at radius 2 is 1.81 bits per heavy atom. The number of halogens is 5. The van der Waals surface area contributed by atoms with E-state index in [9.17, 15) is 13.2 Å². The fourth-order valence-electron chi connectivity index (χ4n) is 2.15. The summed E-state index contributed by atoms with van der Waals surface area (Å²) >= 11 is 11.6. The monoisotopic (exact) mass is 330 g/mol. The van der Waals surface area contributed by atoms with Gasteiger partial charge >= 0.3 is 0 Å². The number of imidazole rings is 1. The molecule has 0 aliphatic carbocycles. The smallest absolute Gasteiger partial charge is 0.153 e. The van der Waals surface area contributed by atoms with Gasteiger partial charge in [-0.05, 0) is 18.2 Å². The summed E-state index contributed by atoms with van der Waals surface area (Å²) in [4.78, 5) is 4.05. The summed E-state index contributed by atoms with van der Waals surface area (Å²) in [5.74, 6) is -1.84. The van der Waals surface area contributed by atoms with Crippen molar-refractivity contribution in [2.75, 3.05) is 0 Å². The molecule has 0 spiro atoms. The summed E-state index contributed by atoms with van der Waals surface area (Å²) in [6.45, 7) is 0. The molecule has 0 radical (unpaired) electrons. The molecule has 0 fully saturated rings. The van der Waals surface area contributed by atoms with Crippen molar-refractivity contribution in [2.24, 2.45) is 0 Å². The Hall–Kier alpha value is -1.72. The van der Waals surface area contributed by atoms with Gasteiger partial charge in [0.2, 0.25) is 0 Å².